The highest BCUT2D eigenvalue weighted by atomic mass is 16.6. The zero-order valence-corrected chi connectivity index (χ0v) is 10.7. The monoisotopic (exact) mass is 274 g/mol. The Bertz CT molecular complexity index is 352. The fourth-order valence-electron chi connectivity index (χ4n) is 1.69. The summed E-state index contributed by atoms with van der Waals surface area (Å²) in [5.74, 6) is -2.50. The standard InChI is InChI=1S/C12H18O7/c1-2-3-4-5-8(15)18-11-9(16)10(7(14)6-13)19-12(11)17/h7,10-11,13-14H,2-6H2,1H3. The summed E-state index contributed by atoms with van der Waals surface area (Å²) >= 11 is 0. The predicted molar refractivity (Wildman–Crippen MR) is 62.0 cm³/mol. The Morgan fingerprint density at radius 1 is 1.42 bits per heavy atom. The number of hydrogen-bond donors (Lipinski definition) is 2. The smallest absolute Gasteiger partial charge is 0.356 e. The third kappa shape index (κ3) is 4.00. The lowest BCUT2D eigenvalue weighted by Crippen LogP contribution is -2.38. The zero-order chi connectivity index (χ0) is 14.4. The topological polar surface area (TPSA) is 110 Å². The van der Waals surface area contributed by atoms with E-state index in [1.165, 1.54) is 0 Å². The Labute approximate surface area is 110 Å². The maximum atomic E-state index is 11.7. The average Bonchev–Trinajstić information content (AvgIpc) is 2.66. The van der Waals surface area contributed by atoms with Gasteiger partial charge in [-0.3, -0.25) is 9.59 Å². The number of ether oxygens (including phenoxy) is 2. The quantitative estimate of drug-likeness (QED) is 0.360. The van der Waals surface area contributed by atoms with E-state index in [-0.39, 0.29) is 6.42 Å². The molecule has 0 aromatic carbocycles. The SMILES string of the molecule is CCCCCC(=O)OC1C(=O)OC(C(O)CO)C1=O. The van der Waals surface area contributed by atoms with Crippen molar-refractivity contribution in [3.63, 3.8) is 0 Å². The van der Waals surface area contributed by atoms with Crippen molar-refractivity contribution in [1.82, 2.24) is 0 Å². The van der Waals surface area contributed by atoms with E-state index < -0.39 is 42.6 Å². The van der Waals surface area contributed by atoms with Gasteiger partial charge in [0.1, 0.15) is 6.10 Å². The van der Waals surface area contributed by atoms with Crippen LogP contribution in [0.4, 0.5) is 0 Å². The molecule has 1 aliphatic heterocycles. The lowest BCUT2D eigenvalue weighted by molar-refractivity contribution is -0.162. The second kappa shape index (κ2) is 7.20. The van der Waals surface area contributed by atoms with Crippen LogP contribution >= 0.6 is 0 Å². The lowest BCUT2D eigenvalue weighted by Gasteiger charge is -2.12. The van der Waals surface area contributed by atoms with Crippen molar-refractivity contribution in [2.45, 2.75) is 50.9 Å². The van der Waals surface area contributed by atoms with Crippen molar-refractivity contribution in [2.24, 2.45) is 0 Å². The number of cyclic esters (lactones) is 1. The van der Waals surface area contributed by atoms with Gasteiger partial charge in [-0.1, -0.05) is 19.8 Å². The summed E-state index contributed by atoms with van der Waals surface area (Å²) in [7, 11) is 0. The molecule has 3 unspecified atom stereocenters. The van der Waals surface area contributed by atoms with Crippen LogP contribution in [0.5, 0.6) is 0 Å². The minimum Gasteiger partial charge on any atom is -0.448 e. The number of Topliss-reactive ketones (excluding diaryl/α,β-unsaturated/α-hetero) is 1. The van der Waals surface area contributed by atoms with Gasteiger partial charge in [-0.2, -0.15) is 0 Å². The summed E-state index contributed by atoms with van der Waals surface area (Å²) in [4.78, 5) is 34.5. The van der Waals surface area contributed by atoms with Crippen molar-refractivity contribution >= 4 is 17.7 Å². The van der Waals surface area contributed by atoms with E-state index in [0.717, 1.165) is 12.8 Å². The number of rotatable bonds is 7. The first-order valence-electron chi connectivity index (χ1n) is 6.23. The van der Waals surface area contributed by atoms with E-state index in [1.54, 1.807) is 0 Å². The molecule has 1 heterocycles. The molecule has 0 aromatic heterocycles. The van der Waals surface area contributed by atoms with Crippen molar-refractivity contribution in [1.29, 1.82) is 0 Å². The zero-order valence-electron chi connectivity index (χ0n) is 10.7. The van der Waals surface area contributed by atoms with Gasteiger partial charge in [-0.25, -0.2) is 4.79 Å². The molecule has 108 valence electrons. The van der Waals surface area contributed by atoms with Crippen LogP contribution in [0, 0.1) is 0 Å². The van der Waals surface area contributed by atoms with Crippen LogP contribution < -0.4 is 0 Å². The van der Waals surface area contributed by atoms with Gasteiger partial charge in [0.25, 0.3) is 6.10 Å². The number of unbranched alkanes of at least 4 members (excludes halogenated alkanes) is 2. The first-order chi connectivity index (χ1) is 9.01. The molecule has 0 bridgehead atoms. The number of esters is 2. The Kier molecular flexibility index (Phi) is 5.91. The first-order valence-corrected chi connectivity index (χ1v) is 6.23. The van der Waals surface area contributed by atoms with Crippen LogP contribution in [0.3, 0.4) is 0 Å². The van der Waals surface area contributed by atoms with Crippen LogP contribution in [-0.2, 0) is 23.9 Å². The molecule has 0 spiro atoms. The number of carbonyl (C=O) groups excluding carboxylic acids is 3. The minimum atomic E-state index is -1.62. The Morgan fingerprint density at radius 3 is 2.68 bits per heavy atom. The van der Waals surface area contributed by atoms with Gasteiger partial charge in [0.05, 0.1) is 6.61 Å². The van der Waals surface area contributed by atoms with Crippen molar-refractivity contribution in [2.75, 3.05) is 6.61 Å². The summed E-state index contributed by atoms with van der Waals surface area (Å²) in [6.07, 6.45) is -2.06. The molecule has 0 aromatic rings. The highest BCUT2D eigenvalue weighted by molar-refractivity contribution is 6.10. The van der Waals surface area contributed by atoms with Crippen molar-refractivity contribution in [3.05, 3.63) is 0 Å². The summed E-state index contributed by atoms with van der Waals surface area (Å²) in [5, 5.41) is 18.0. The molecule has 7 nitrogen and oxygen atoms in total. The maximum Gasteiger partial charge on any atom is 0.356 e. The van der Waals surface area contributed by atoms with Gasteiger partial charge in [-0.05, 0) is 6.42 Å². The Balaban J connectivity index is 2.52. The summed E-state index contributed by atoms with van der Waals surface area (Å²) in [6, 6.07) is 0. The third-order valence-corrected chi connectivity index (χ3v) is 2.77. The second-order valence-electron chi connectivity index (χ2n) is 4.34. The van der Waals surface area contributed by atoms with Crippen LogP contribution in [0.2, 0.25) is 0 Å². The van der Waals surface area contributed by atoms with Crippen LogP contribution in [0.25, 0.3) is 0 Å². The first kappa shape index (κ1) is 15.6. The number of carbonyl (C=O) groups is 3. The maximum absolute atomic E-state index is 11.7. The normalized spacial score (nSPS) is 24.2. The molecule has 0 radical (unpaired) electrons. The number of aliphatic hydroxyl groups is 2. The van der Waals surface area contributed by atoms with Gasteiger partial charge in [0, 0.05) is 6.42 Å². The summed E-state index contributed by atoms with van der Waals surface area (Å²) in [6.45, 7) is 1.25. The third-order valence-electron chi connectivity index (χ3n) is 2.77. The number of hydrogen-bond acceptors (Lipinski definition) is 7. The molecular weight excluding hydrogens is 256 g/mol. The molecule has 7 heteroatoms. The van der Waals surface area contributed by atoms with Crippen LogP contribution in [0.1, 0.15) is 32.6 Å². The molecule has 1 rings (SSSR count). The van der Waals surface area contributed by atoms with Gasteiger partial charge < -0.3 is 19.7 Å². The van der Waals surface area contributed by atoms with E-state index in [2.05, 4.69) is 4.74 Å². The van der Waals surface area contributed by atoms with Crippen molar-refractivity contribution < 1.29 is 34.1 Å². The summed E-state index contributed by atoms with van der Waals surface area (Å²) in [5.41, 5.74) is 0. The van der Waals surface area contributed by atoms with E-state index in [9.17, 15) is 19.5 Å². The van der Waals surface area contributed by atoms with Crippen LogP contribution in [0.15, 0.2) is 0 Å². The van der Waals surface area contributed by atoms with Gasteiger partial charge in [-0.15, -0.1) is 0 Å². The van der Waals surface area contributed by atoms with Gasteiger partial charge >= 0.3 is 11.9 Å². The average molecular weight is 274 g/mol. The van der Waals surface area contributed by atoms with E-state index in [1.807, 2.05) is 6.92 Å². The molecule has 2 N–H and O–H groups in total. The van der Waals surface area contributed by atoms with Crippen LogP contribution in [-0.4, -0.2) is 52.9 Å². The molecule has 1 saturated heterocycles. The molecule has 0 saturated carbocycles. The molecule has 1 fully saturated rings. The highest BCUT2D eigenvalue weighted by Gasteiger charge is 2.49. The molecular formula is C12H18O7. The molecule has 3 atom stereocenters. The Morgan fingerprint density at radius 2 is 2.11 bits per heavy atom. The number of ketones is 1. The summed E-state index contributed by atoms with van der Waals surface area (Å²) < 4.78 is 9.34. The fourth-order valence-corrected chi connectivity index (χ4v) is 1.69. The van der Waals surface area contributed by atoms with Gasteiger partial charge in [0.2, 0.25) is 5.78 Å². The van der Waals surface area contributed by atoms with Gasteiger partial charge in [0.15, 0.2) is 6.10 Å². The molecule has 1 aliphatic rings. The molecule has 0 amide bonds. The second-order valence-corrected chi connectivity index (χ2v) is 4.34. The van der Waals surface area contributed by atoms with E-state index in [0.29, 0.717) is 6.42 Å². The molecule has 0 aliphatic carbocycles. The van der Waals surface area contributed by atoms with Crippen molar-refractivity contribution in [3.8, 4) is 0 Å². The highest BCUT2D eigenvalue weighted by Crippen LogP contribution is 2.18. The van der Waals surface area contributed by atoms with E-state index >= 15 is 0 Å². The minimum absolute atomic E-state index is 0.123. The predicted octanol–water partition coefficient (Wildman–Crippen LogP) is -0.674. The largest absolute Gasteiger partial charge is 0.448 e. The molecule has 19 heavy (non-hydrogen) atoms. The fraction of sp³-hybridized carbons (Fsp3) is 0.750. The number of aliphatic hydroxyl groups excluding tert-OH is 2. The van der Waals surface area contributed by atoms with E-state index in [4.69, 9.17) is 9.84 Å². The Hall–Kier alpha value is -1.47. The lowest BCUT2D eigenvalue weighted by atomic mass is 10.1.